The maximum atomic E-state index is 5.93. The van der Waals surface area contributed by atoms with Crippen molar-refractivity contribution in [3.63, 3.8) is 0 Å². The van der Waals surface area contributed by atoms with Crippen molar-refractivity contribution in [1.29, 1.82) is 0 Å². The number of hydrogen-bond donors (Lipinski definition) is 1. The van der Waals surface area contributed by atoms with Gasteiger partial charge in [-0.3, -0.25) is 0 Å². The molecule has 3 atom stereocenters. The van der Waals surface area contributed by atoms with E-state index in [1.807, 2.05) is 13.8 Å². The number of anilines is 1. The van der Waals surface area contributed by atoms with Gasteiger partial charge in [0.25, 0.3) is 0 Å². The van der Waals surface area contributed by atoms with Crippen LogP contribution in [0.15, 0.2) is 0 Å². The molecule has 5 nitrogen and oxygen atoms in total. The highest BCUT2D eigenvalue weighted by Gasteiger charge is 2.27. The van der Waals surface area contributed by atoms with E-state index in [1.54, 1.807) is 0 Å². The normalized spacial score (nSPS) is 26.6. The van der Waals surface area contributed by atoms with E-state index in [-0.39, 0.29) is 17.4 Å². The summed E-state index contributed by atoms with van der Waals surface area (Å²) in [6, 6.07) is 0.656. The van der Waals surface area contributed by atoms with E-state index in [1.165, 1.54) is 12.8 Å². The number of nitrogens with one attached hydrogen (secondary N) is 1. The molecule has 1 aliphatic carbocycles. The van der Waals surface area contributed by atoms with E-state index in [0.717, 1.165) is 6.42 Å². The van der Waals surface area contributed by atoms with Crippen molar-refractivity contribution in [1.82, 2.24) is 15.0 Å². The molecule has 0 radical (unpaired) electrons. The minimum atomic E-state index is 0.00921. The summed E-state index contributed by atoms with van der Waals surface area (Å²) in [4.78, 5) is 12.4. The summed E-state index contributed by atoms with van der Waals surface area (Å²) in [5.41, 5.74) is 0. The maximum Gasteiger partial charge on any atom is 0.322 e. The first kappa shape index (κ1) is 15.3. The summed E-state index contributed by atoms with van der Waals surface area (Å²) >= 11 is 5.93. The van der Waals surface area contributed by atoms with Crippen molar-refractivity contribution in [2.75, 3.05) is 5.32 Å². The fourth-order valence-corrected chi connectivity index (χ4v) is 2.76. The average molecular weight is 299 g/mol. The zero-order chi connectivity index (χ0) is 14.7. The van der Waals surface area contributed by atoms with Crippen LogP contribution in [-0.2, 0) is 0 Å². The summed E-state index contributed by atoms with van der Waals surface area (Å²) in [6.07, 6.45) is 3.67. The van der Waals surface area contributed by atoms with Gasteiger partial charge >= 0.3 is 6.01 Å². The van der Waals surface area contributed by atoms with Crippen molar-refractivity contribution in [2.24, 2.45) is 11.8 Å². The van der Waals surface area contributed by atoms with Gasteiger partial charge in [0.1, 0.15) is 0 Å². The lowest BCUT2D eigenvalue weighted by Gasteiger charge is -2.34. The monoisotopic (exact) mass is 298 g/mol. The summed E-state index contributed by atoms with van der Waals surface area (Å²) in [7, 11) is 0. The molecule has 20 heavy (non-hydrogen) atoms. The van der Waals surface area contributed by atoms with Gasteiger partial charge in [0.15, 0.2) is 0 Å². The molecule has 0 saturated heterocycles. The highest BCUT2D eigenvalue weighted by Crippen LogP contribution is 2.31. The number of aromatic nitrogens is 3. The van der Waals surface area contributed by atoms with E-state index in [0.29, 0.717) is 23.8 Å². The van der Waals surface area contributed by atoms with Gasteiger partial charge in [-0.05, 0) is 43.7 Å². The first-order valence-electron chi connectivity index (χ1n) is 7.30. The molecule has 1 fully saturated rings. The molecular formula is C14H23ClN4O. The molecule has 1 aromatic rings. The molecule has 1 aliphatic rings. The Morgan fingerprint density at radius 3 is 2.65 bits per heavy atom. The predicted octanol–water partition coefficient (Wildman–Crippen LogP) is 3.55. The molecule has 0 bridgehead atoms. The Labute approximate surface area is 125 Å². The first-order chi connectivity index (χ1) is 9.45. The molecule has 1 aromatic heterocycles. The molecule has 6 heteroatoms. The molecule has 0 amide bonds. The third kappa shape index (κ3) is 3.95. The van der Waals surface area contributed by atoms with Crippen LogP contribution < -0.4 is 10.1 Å². The van der Waals surface area contributed by atoms with Crippen molar-refractivity contribution in [2.45, 2.75) is 59.1 Å². The topological polar surface area (TPSA) is 59.9 Å². The minimum absolute atomic E-state index is 0.00921. The van der Waals surface area contributed by atoms with Gasteiger partial charge in [-0.1, -0.05) is 26.7 Å². The zero-order valence-electron chi connectivity index (χ0n) is 12.6. The number of ether oxygens (including phenoxy) is 1. The van der Waals surface area contributed by atoms with E-state index in [2.05, 4.69) is 34.1 Å². The highest BCUT2D eigenvalue weighted by molar-refractivity contribution is 6.28. The van der Waals surface area contributed by atoms with Gasteiger partial charge in [-0.25, -0.2) is 0 Å². The first-order valence-corrected chi connectivity index (χ1v) is 7.68. The Hall–Kier alpha value is -1.10. The lowest BCUT2D eigenvalue weighted by Crippen LogP contribution is -2.35. The molecule has 3 unspecified atom stereocenters. The molecule has 0 aliphatic heterocycles. The second kappa shape index (κ2) is 6.57. The molecule has 1 N–H and O–H groups in total. The summed E-state index contributed by atoms with van der Waals surface area (Å²) in [5.74, 6) is 1.81. The fraction of sp³-hybridized carbons (Fsp3) is 0.786. The SMILES string of the molecule is CC(C)Oc1nc(Cl)nc(NC2CCCC(C)C2C)n1. The van der Waals surface area contributed by atoms with Crippen LogP contribution in [-0.4, -0.2) is 27.1 Å². The summed E-state index contributed by atoms with van der Waals surface area (Å²) in [6.45, 7) is 8.42. The van der Waals surface area contributed by atoms with Crippen LogP contribution in [0.3, 0.4) is 0 Å². The molecule has 1 heterocycles. The molecular weight excluding hydrogens is 276 g/mol. The van der Waals surface area contributed by atoms with E-state index in [4.69, 9.17) is 16.3 Å². The number of hydrogen-bond acceptors (Lipinski definition) is 5. The quantitative estimate of drug-likeness (QED) is 0.921. The minimum Gasteiger partial charge on any atom is -0.461 e. The van der Waals surface area contributed by atoms with Crippen LogP contribution >= 0.6 is 11.6 Å². The zero-order valence-corrected chi connectivity index (χ0v) is 13.3. The predicted molar refractivity (Wildman–Crippen MR) is 80.2 cm³/mol. The second-order valence-electron chi connectivity index (χ2n) is 5.90. The van der Waals surface area contributed by atoms with Crippen LogP contribution in [0, 0.1) is 11.8 Å². The van der Waals surface area contributed by atoms with Crippen molar-refractivity contribution < 1.29 is 4.74 Å². The highest BCUT2D eigenvalue weighted by atomic mass is 35.5. The molecule has 112 valence electrons. The fourth-order valence-electron chi connectivity index (χ4n) is 2.61. The van der Waals surface area contributed by atoms with Crippen LogP contribution in [0.5, 0.6) is 6.01 Å². The molecule has 0 spiro atoms. The number of halogens is 1. The van der Waals surface area contributed by atoms with Gasteiger partial charge in [-0.2, -0.15) is 15.0 Å². The Morgan fingerprint density at radius 2 is 1.95 bits per heavy atom. The number of nitrogens with zero attached hydrogens (tertiary/aromatic N) is 3. The van der Waals surface area contributed by atoms with Gasteiger partial charge < -0.3 is 10.1 Å². The third-order valence-corrected chi connectivity index (χ3v) is 4.12. The number of rotatable bonds is 4. The second-order valence-corrected chi connectivity index (χ2v) is 6.23. The van der Waals surface area contributed by atoms with Crippen molar-refractivity contribution in [3.05, 3.63) is 5.28 Å². The van der Waals surface area contributed by atoms with Crippen molar-refractivity contribution in [3.8, 4) is 6.01 Å². The van der Waals surface area contributed by atoms with E-state index < -0.39 is 0 Å². The Bertz CT molecular complexity index is 455. The summed E-state index contributed by atoms with van der Waals surface area (Å²) < 4.78 is 5.49. The van der Waals surface area contributed by atoms with Gasteiger partial charge in [-0.15, -0.1) is 0 Å². The lowest BCUT2D eigenvalue weighted by molar-refractivity contribution is 0.221. The van der Waals surface area contributed by atoms with Crippen LogP contribution in [0.2, 0.25) is 5.28 Å². The maximum absolute atomic E-state index is 5.93. The van der Waals surface area contributed by atoms with Crippen LogP contribution in [0.25, 0.3) is 0 Å². The molecule has 2 rings (SSSR count). The Morgan fingerprint density at radius 1 is 1.20 bits per heavy atom. The standard InChI is InChI=1S/C14H23ClN4O/c1-8(2)20-14-18-12(15)17-13(19-14)16-11-7-5-6-9(3)10(11)4/h8-11H,5-7H2,1-4H3,(H,16,17,18,19). The molecule has 0 aromatic carbocycles. The lowest BCUT2D eigenvalue weighted by atomic mass is 9.78. The third-order valence-electron chi connectivity index (χ3n) is 3.95. The van der Waals surface area contributed by atoms with E-state index >= 15 is 0 Å². The smallest absolute Gasteiger partial charge is 0.322 e. The Kier molecular flexibility index (Phi) is 5.02. The summed E-state index contributed by atoms with van der Waals surface area (Å²) in [5, 5.41) is 3.55. The van der Waals surface area contributed by atoms with Gasteiger partial charge in [0.2, 0.25) is 11.2 Å². The Balaban J connectivity index is 2.10. The van der Waals surface area contributed by atoms with E-state index in [9.17, 15) is 0 Å². The largest absolute Gasteiger partial charge is 0.461 e. The van der Waals surface area contributed by atoms with Gasteiger partial charge in [0.05, 0.1) is 6.10 Å². The van der Waals surface area contributed by atoms with Crippen LogP contribution in [0.4, 0.5) is 5.95 Å². The van der Waals surface area contributed by atoms with Crippen LogP contribution in [0.1, 0.15) is 47.0 Å². The molecule has 1 saturated carbocycles. The van der Waals surface area contributed by atoms with Gasteiger partial charge in [0, 0.05) is 6.04 Å². The average Bonchev–Trinajstić information content (AvgIpc) is 2.33. The van der Waals surface area contributed by atoms with Crippen molar-refractivity contribution >= 4 is 17.5 Å².